The number of aromatic nitrogens is 2. The quantitative estimate of drug-likeness (QED) is 0.844. The Morgan fingerprint density at radius 1 is 1.44 bits per heavy atom. The molecule has 16 heavy (non-hydrogen) atoms. The van der Waals surface area contributed by atoms with E-state index in [4.69, 9.17) is 0 Å². The highest BCUT2D eigenvalue weighted by molar-refractivity contribution is 7.93. The molecule has 4 nitrogen and oxygen atoms in total. The number of pyridine rings is 1. The Kier molecular flexibility index (Phi) is 2.94. The van der Waals surface area contributed by atoms with E-state index in [0.717, 1.165) is 11.3 Å². The van der Waals surface area contributed by atoms with E-state index in [2.05, 4.69) is 9.97 Å². The van der Waals surface area contributed by atoms with Crippen molar-refractivity contribution < 1.29 is 8.42 Å². The number of hydrogen-bond donors (Lipinski definition) is 0. The van der Waals surface area contributed by atoms with E-state index in [-0.39, 0.29) is 16.0 Å². The van der Waals surface area contributed by atoms with E-state index >= 15 is 0 Å². The second-order valence-corrected chi connectivity index (χ2v) is 7.17. The number of rotatable bonds is 3. The van der Waals surface area contributed by atoms with Crippen LogP contribution in [-0.4, -0.2) is 24.1 Å². The number of thiazole rings is 1. The van der Waals surface area contributed by atoms with Crippen molar-refractivity contribution in [3.8, 4) is 0 Å². The Hall–Kier alpha value is -1.01. The molecular weight excluding hydrogens is 244 g/mol. The van der Waals surface area contributed by atoms with Gasteiger partial charge < -0.3 is 0 Å². The minimum absolute atomic E-state index is 0.102. The van der Waals surface area contributed by atoms with Gasteiger partial charge in [0.25, 0.3) is 0 Å². The summed E-state index contributed by atoms with van der Waals surface area (Å²) in [4.78, 5) is 8.86. The van der Waals surface area contributed by atoms with Crippen LogP contribution in [0.4, 0.5) is 0 Å². The maximum absolute atomic E-state index is 11.9. The van der Waals surface area contributed by atoms with E-state index < -0.39 is 9.84 Å². The second-order valence-electron chi connectivity index (χ2n) is 3.98. The van der Waals surface area contributed by atoms with Crippen LogP contribution >= 0.6 is 11.3 Å². The number of hydrogen-bond acceptors (Lipinski definition) is 5. The Morgan fingerprint density at radius 2 is 2.19 bits per heavy atom. The zero-order valence-electron chi connectivity index (χ0n) is 9.04. The lowest BCUT2D eigenvalue weighted by Gasteiger charge is -2.02. The molecule has 2 aromatic rings. The van der Waals surface area contributed by atoms with Crippen LogP contribution in [0.1, 0.15) is 13.8 Å². The predicted molar refractivity (Wildman–Crippen MR) is 64.3 cm³/mol. The first-order chi connectivity index (χ1) is 7.49. The highest BCUT2D eigenvalue weighted by Crippen LogP contribution is 2.24. The summed E-state index contributed by atoms with van der Waals surface area (Å²) in [5.41, 5.74) is 0.648. The van der Waals surface area contributed by atoms with Gasteiger partial charge in [-0.3, -0.25) is 0 Å². The molecule has 0 aliphatic carbocycles. The van der Waals surface area contributed by atoms with Crippen molar-refractivity contribution in [2.75, 3.05) is 5.75 Å². The second kappa shape index (κ2) is 4.10. The zero-order chi connectivity index (χ0) is 11.8. The Bertz CT molecular complexity index is 569. The first-order valence-corrected chi connectivity index (χ1v) is 7.40. The van der Waals surface area contributed by atoms with Gasteiger partial charge in [0.2, 0.25) is 14.2 Å². The highest BCUT2D eigenvalue weighted by atomic mass is 32.2. The summed E-state index contributed by atoms with van der Waals surface area (Å²) < 4.78 is 24.0. The first-order valence-electron chi connectivity index (χ1n) is 4.93. The fourth-order valence-corrected chi connectivity index (χ4v) is 4.24. The van der Waals surface area contributed by atoms with Gasteiger partial charge in [0.15, 0.2) is 0 Å². The molecule has 6 heteroatoms. The molecule has 0 saturated carbocycles. The van der Waals surface area contributed by atoms with Crippen molar-refractivity contribution >= 4 is 31.5 Å². The molecule has 0 unspecified atom stereocenters. The van der Waals surface area contributed by atoms with Crippen molar-refractivity contribution in [2.24, 2.45) is 5.92 Å². The monoisotopic (exact) mass is 256 g/mol. The van der Waals surface area contributed by atoms with Gasteiger partial charge in [-0.05, 0) is 18.1 Å². The van der Waals surface area contributed by atoms with Crippen molar-refractivity contribution in [1.82, 2.24) is 9.97 Å². The van der Waals surface area contributed by atoms with Gasteiger partial charge in [-0.25, -0.2) is 18.4 Å². The minimum Gasteiger partial charge on any atom is -0.244 e. The molecule has 0 N–H and O–H groups in total. The van der Waals surface area contributed by atoms with Crippen molar-refractivity contribution in [3.05, 3.63) is 18.3 Å². The summed E-state index contributed by atoms with van der Waals surface area (Å²) in [6.45, 7) is 3.76. The van der Waals surface area contributed by atoms with Crippen LogP contribution in [0.5, 0.6) is 0 Å². The lowest BCUT2D eigenvalue weighted by atomic mass is 10.3. The van der Waals surface area contributed by atoms with E-state index in [9.17, 15) is 8.42 Å². The normalized spacial score (nSPS) is 12.4. The Balaban J connectivity index is 2.48. The van der Waals surface area contributed by atoms with Crippen molar-refractivity contribution in [2.45, 2.75) is 18.2 Å². The number of nitrogens with zero attached hydrogens (tertiary/aromatic N) is 2. The molecule has 2 rings (SSSR count). The fraction of sp³-hybridized carbons (Fsp3) is 0.400. The molecule has 0 fully saturated rings. The van der Waals surface area contributed by atoms with E-state index in [1.54, 1.807) is 18.3 Å². The molecule has 0 amide bonds. The fourth-order valence-electron chi connectivity index (χ4n) is 1.39. The van der Waals surface area contributed by atoms with Gasteiger partial charge in [-0.1, -0.05) is 25.2 Å². The van der Waals surface area contributed by atoms with Crippen LogP contribution in [0.2, 0.25) is 0 Å². The van der Waals surface area contributed by atoms with Crippen LogP contribution < -0.4 is 0 Å². The molecule has 2 aromatic heterocycles. The topological polar surface area (TPSA) is 59.9 Å². The molecule has 86 valence electrons. The number of sulfone groups is 1. The third kappa shape index (κ3) is 2.22. The molecule has 0 aliphatic rings. The smallest absolute Gasteiger partial charge is 0.211 e. The first kappa shape index (κ1) is 11.5. The third-order valence-corrected chi connectivity index (χ3v) is 5.48. The Morgan fingerprint density at radius 3 is 2.81 bits per heavy atom. The molecule has 0 saturated heterocycles. The summed E-state index contributed by atoms with van der Waals surface area (Å²) in [5, 5.41) is 0. The standard InChI is InChI=1S/C10H12N2O2S2/c1-7(2)6-16(13,14)10-12-8-4-3-5-11-9(8)15-10/h3-5,7H,6H2,1-2H3. The zero-order valence-corrected chi connectivity index (χ0v) is 10.7. The average molecular weight is 256 g/mol. The molecule has 2 heterocycles. The Labute approximate surface area is 98.3 Å². The van der Waals surface area contributed by atoms with E-state index in [1.807, 2.05) is 13.8 Å². The number of fused-ring (bicyclic) bond motifs is 1. The predicted octanol–water partition coefficient (Wildman–Crippen LogP) is 2.12. The third-order valence-electron chi connectivity index (χ3n) is 1.97. The molecular formula is C10H12N2O2S2. The summed E-state index contributed by atoms with van der Waals surface area (Å²) in [5.74, 6) is 0.234. The lowest BCUT2D eigenvalue weighted by molar-refractivity contribution is 0.582. The maximum Gasteiger partial charge on any atom is 0.211 e. The molecule has 0 radical (unpaired) electrons. The van der Waals surface area contributed by atoms with Crippen LogP contribution in [0.15, 0.2) is 22.7 Å². The van der Waals surface area contributed by atoms with E-state index in [0.29, 0.717) is 10.3 Å². The molecule has 0 atom stereocenters. The summed E-state index contributed by atoms with van der Waals surface area (Å²) in [6, 6.07) is 3.52. The maximum atomic E-state index is 11.9. The SMILES string of the molecule is CC(C)CS(=O)(=O)c1nc2cccnc2s1. The molecule has 0 bridgehead atoms. The van der Waals surface area contributed by atoms with Gasteiger partial charge in [-0.2, -0.15) is 0 Å². The van der Waals surface area contributed by atoms with E-state index in [1.165, 1.54) is 0 Å². The molecule has 0 aromatic carbocycles. The summed E-state index contributed by atoms with van der Waals surface area (Å²) in [7, 11) is -3.25. The summed E-state index contributed by atoms with van der Waals surface area (Å²) >= 11 is 1.14. The van der Waals surface area contributed by atoms with Crippen molar-refractivity contribution in [3.63, 3.8) is 0 Å². The van der Waals surface area contributed by atoms with Gasteiger partial charge in [0, 0.05) is 6.20 Å². The highest BCUT2D eigenvalue weighted by Gasteiger charge is 2.21. The largest absolute Gasteiger partial charge is 0.244 e. The van der Waals surface area contributed by atoms with Crippen LogP contribution in [0, 0.1) is 5.92 Å². The minimum atomic E-state index is -3.25. The average Bonchev–Trinajstić information content (AvgIpc) is 2.59. The van der Waals surface area contributed by atoms with Gasteiger partial charge in [0.05, 0.1) is 5.75 Å². The molecule has 0 spiro atoms. The van der Waals surface area contributed by atoms with Gasteiger partial charge >= 0.3 is 0 Å². The van der Waals surface area contributed by atoms with Crippen LogP contribution in [0.3, 0.4) is 0 Å². The van der Waals surface area contributed by atoms with Crippen molar-refractivity contribution in [1.29, 1.82) is 0 Å². The van der Waals surface area contributed by atoms with Gasteiger partial charge in [0.1, 0.15) is 10.3 Å². The van der Waals surface area contributed by atoms with Crippen LogP contribution in [0.25, 0.3) is 10.3 Å². The van der Waals surface area contributed by atoms with Gasteiger partial charge in [-0.15, -0.1) is 0 Å². The van der Waals surface area contributed by atoms with Crippen LogP contribution in [-0.2, 0) is 9.84 Å². The lowest BCUT2D eigenvalue weighted by Crippen LogP contribution is -2.11. The molecule has 0 aliphatic heterocycles. The summed E-state index contributed by atoms with van der Waals surface area (Å²) in [6.07, 6.45) is 1.64.